The molecule has 0 aliphatic carbocycles. The van der Waals surface area contributed by atoms with Crippen molar-refractivity contribution in [3.8, 4) is 0 Å². The van der Waals surface area contributed by atoms with E-state index in [1.54, 1.807) is 0 Å². The van der Waals surface area contributed by atoms with E-state index in [4.69, 9.17) is 4.74 Å². The first kappa shape index (κ1) is 20.8. The molecule has 4 atom stereocenters. The lowest BCUT2D eigenvalue weighted by Crippen LogP contribution is -2.46. The number of carbonyl (C=O) groups excluding carboxylic acids is 2. The molecule has 9 nitrogen and oxygen atoms in total. The number of rotatable bonds is 5. The Hall–Kier alpha value is -2.92. The van der Waals surface area contributed by atoms with Crippen molar-refractivity contribution < 1.29 is 43.3 Å². The lowest BCUT2D eigenvalue weighted by Gasteiger charge is -2.11. The van der Waals surface area contributed by atoms with Gasteiger partial charge in [0.15, 0.2) is 18.5 Å². The van der Waals surface area contributed by atoms with Crippen molar-refractivity contribution in [1.29, 1.82) is 0 Å². The molecule has 0 unspecified atom stereocenters. The van der Waals surface area contributed by atoms with Gasteiger partial charge in [-0.1, -0.05) is 0 Å². The molecule has 1 aromatic carbocycles. The Balaban J connectivity index is 1.77. The molecule has 1 aromatic heterocycles. The fourth-order valence-corrected chi connectivity index (χ4v) is 2.97. The fraction of sp³-hybridized carbons (Fsp3) is 0.316. The van der Waals surface area contributed by atoms with Crippen molar-refractivity contribution in [2.24, 2.45) is 0 Å². The van der Waals surface area contributed by atoms with Crippen molar-refractivity contribution in [2.75, 3.05) is 19.0 Å². The summed E-state index contributed by atoms with van der Waals surface area (Å²) in [6.45, 7) is -0.476. The molecule has 1 aliphatic rings. The molecule has 0 radical (unpaired) electrons. The first-order valence-electron chi connectivity index (χ1n) is 8.68. The third-order valence-electron chi connectivity index (χ3n) is 4.53. The lowest BCUT2D eigenvalue weighted by molar-refractivity contribution is -0.765. The number of aliphatic hydroxyl groups is 3. The van der Waals surface area contributed by atoms with E-state index < -0.39 is 48.8 Å². The highest BCUT2D eigenvalue weighted by atomic mass is 19.1. The largest absolute Gasteiger partial charge is 0.465 e. The van der Waals surface area contributed by atoms with Gasteiger partial charge in [-0.15, -0.1) is 0 Å². The SMILES string of the molecule is COC(=O)c1ccc(NC(=O)c2ccc[n+]([C@@H]3O[C@H](CO)[C@@H](O)[C@H]3O)c2)c(F)c1. The summed E-state index contributed by atoms with van der Waals surface area (Å²) in [5, 5.41) is 31.6. The molecule has 1 aliphatic heterocycles. The number of hydrogen-bond acceptors (Lipinski definition) is 7. The Morgan fingerprint density at radius 3 is 2.62 bits per heavy atom. The Morgan fingerprint density at radius 1 is 1.24 bits per heavy atom. The van der Waals surface area contributed by atoms with Gasteiger partial charge in [0.2, 0.25) is 0 Å². The van der Waals surface area contributed by atoms with E-state index in [2.05, 4.69) is 10.1 Å². The summed E-state index contributed by atoms with van der Waals surface area (Å²) in [5.74, 6) is -2.16. The van der Waals surface area contributed by atoms with Gasteiger partial charge in [-0.3, -0.25) is 4.79 Å². The predicted molar refractivity (Wildman–Crippen MR) is 95.3 cm³/mol. The molecule has 1 amide bonds. The number of carbonyl (C=O) groups is 2. The second-order valence-corrected chi connectivity index (χ2v) is 6.41. The predicted octanol–water partition coefficient (Wildman–Crippen LogP) is -0.236. The maximum atomic E-state index is 14.2. The van der Waals surface area contributed by atoms with Crippen molar-refractivity contribution in [1.82, 2.24) is 0 Å². The quantitative estimate of drug-likeness (QED) is 0.398. The van der Waals surface area contributed by atoms with Crippen molar-refractivity contribution in [3.05, 3.63) is 59.7 Å². The number of halogens is 1. The number of aliphatic hydroxyl groups excluding tert-OH is 3. The number of hydrogen-bond donors (Lipinski definition) is 4. The van der Waals surface area contributed by atoms with Gasteiger partial charge in [-0.05, 0) is 24.3 Å². The Labute approximate surface area is 164 Å². The van der Waals surface area contributed by atoms with Crippen molar-refractivity contribution >= 4 is 17.6 Å². The highest BCUT2D eigenvalue weighted by Gasteiger charge is 2.48. The van der Waals surface area contributed by atoms with Crippen LogP contribution in [-0.4, -0.2) is 59.2 Å². The van der Waals surface area contributed by atoms with Crippen LogP contribution in [0.15, 0.2) is 42.7 Å². The summed E-state index contributed by atoms with van der Waals surface area (Å²) in [6, 6.07) is 6.48. The van der Waals surface area contributed by atoms with Crippen LogP contribution in [0.4, 0.5) is 10.1 Å². The normalized spacial score (nSPS) is 23.6. The van der Waals surface area contributed by atoms with Crippen LogP contribution in [0.2, 0.25) is 0 Å². The van der Waals surface area contributed by atoms with E-state index in [0.717, 1.165) is 6.07 Å². The standard InChI is InChI=1S/C19H19FN2O7/c1-28-19(27)10-4-5-13(12(20)7-10)21-17(26)11-3-2-6-22(8-11)18-16(25)15(24)14(9-23)29-18/h2-8,14-16,18,23-25H,9H2,1H3/p+1/t14-,15-,16-,18-/m1/s1. The number of benzene rings is 1. The number of nitrogens with one attached hydrogen (secondary N) is 1. The minimum atomic E-state index is -1.31. The maximum absolute atomic E-state index is 14.2. The highest BCUT2D eigenvalue weighted by molar-refractivity contribution is 6.04. The molecular formula is C19H20FN2O7+. The zero-order chi connectivity index (χ0) is 21.1. The zero-order valence-corrected chi connectivity index (χ0v) is 15.4. The molecule has 0 saturated carbocycles. The Morgan fingerprint density at radius 2 is 2.00 bits per heavy atom. The summed E-state index contributed by atoms with van der Waals surface area (Å²) < 4.78 is 25.5. The molecule has 154 valence electrons. The minimum absolute atomic E-state index is 0.00455. The summed E-state index contributed by atoms with van der Waals surface area (Å²) in [4.78, 5) is 23.9. The molecule has 29 heavy (non-hydrogen) atoms. The van der Waals surface area contributed by atoms with E-state index in [1.165, 1.54) is 48.3 Å². The number of nitrogens with zero attached hydrogens (tertiary/aromatic N) is 1. The summed E-state index contributed by atoms with van der Waals surface area (Å²) in [7, 11) is 1.17. The minimum Gasteiger partial charge on any atom is -0.465 e. The molecular weight excluding hydrogens is 387 g/mol. The number of methoxy groups -OCH3 is 1. The van der Waals surface area contributed by atoms with E-state index in [0.29, 0.717) is 0 Å². The van der Waals surface area contributed by atoms with Crippen LogP contribution >= 0.6 is 0 Å². The second-order valence-electron chi connectivity index (χ2n) is 6.41. The van der Waals surface area contributed by atoms with Gasteiger partial charge in [0, 0.05) is 6.07 Å². The smallest absolute Gasteiger partial charge is 0.337 e. The number of esters is 1. The highest BCUT2D eigenvalue weighted by Crippen LogP contribution is 2.25. The topological polar surface area (TPSA) is 129 Å². The number of pyridine rings is 1. The molecule has 10 heteroatoms. The van der Waals surface area contributed by atoms with Crippen LogP contribution in [0.3, 0.4) is 0 Å². The van der Waals surface area contributed by atoms with Crippen molar-refractivity contribution in [2.45, 2.75) is 24.5 Å². The number of ether oxygens (including phenoxy) is 2. The van der Waals surface area contributed by atoms with E-state index >= 15 is 0 Å². The third kappa shape index (κ3) is 4.25. The van der Waals surface area contributed by atoms with Gasteiger partial charge in [0.1, 0.15) is 23.6 Å². The van der Waals surface area contributed by atoms with E-state index in [1.807, 2.05) is 0 Å². The van der Waals surface area contributed by atoms with Crippen LogP contribution < -0.4 is 9.88 Å². The van der Waals surface area contributed by atoms with Gasteiger partial charge < -0.3 is 30.1 Å². The second kappa shape index (κ2) is 8.62. The lowest BCUT2D eigenvalue weighted by atomic mass is 10.1. The Bertz CT molecular complexity index is 923. The summed E-state index contributed by atoms with van der Waals surface area (Å²) in [6.07, 6.45) is -1.68. The zero-order valence-electron chi connectivity index (χ0n) is 15.4. The van der Waals surface area contributed by atoms with Crippen molar-refractivity contribution in [3.63, 3.8) is 0 Å². The molecule has 3 rings (SSSR count). The number of anilines is 1. The van der Waals surface area contributed by atoms with Crippen LogP contribution in [-0.2, 0) is 9.47 Å². The molecule has 2 heterocycles. The average molecular weight is 407 g/mol. The van der Waals surface area contributed by atoms with E-state index in [-0.39, 0.29) is 16.8 Å². The third-order valence-corrected chi connectivity index (χ3v) is 4.53. The van der Waals surface area contributed by atoms with Gasteiger partial charge in [0.05, 0.1) is 25.0 Å². The molecule has 0 spiro atoms. The van der Waals surface area contributed by atoms with Gasteiger partial charge in [0.25, 0.3) is 12.1 Å². The van der Waals surface area contributed by atoms with Crippen LogP contribution in [0.25, 0.3) is 0 Å². The molecule has 1 fully saturated rings. The summed E-state index contributed by atoms with van der Waals surface area (Å²) >= 11 is 0. The average Bonchev–Trinajstić information content (AvgIpc) is 3.03. The van der Waals surface area contributed by atoms with Crippen LogP contribution in [0.1, 0.15) is 26.9 Å². The number of amides is 1. The summed E-state index contributed by atoms with van der Waals surface area (Å²) in [5.41, 5.74) is -0.00225. The first-order valence-corrected chi connectivity index (χ1v) is 8.68. The molecule has 2 aromatic rings. The van der Waals surface area contributed by atoms with Gasteiger partial charge >= 0.3 is 5.97 Å². The van der Waals surface area contributed by atoms with Gasteiger partial charge in [-0.2, -0.15) is 4.57 Å². The number of aromatic nitrogens is 1. The molecule has 4 N–H and O–H groups in total. The van der Waals surface area contributed by atoms with Crippen LogP contribution in [0.5, 0.6) is 0 Å². The van der Waals surface area contributed by atoms with Gasteiger partial charge in [-0.25, -0.2) is 9.18 Å². The maximum Gasteiger partial charge on any atom is 0.337 e. The molecule has 1 saturated heterocycles. The van der Waals surface area contributed by atoms with Crippen LogP contribution in [0, 0.1) is 5.82 Å². The monoisotopic (exact) mass is 407 g/mol. The van der Waals surface area contributed by atoms with E-state index in [9.17, 15) is 29.3 Å². The Kier molecular flexibility index (Phi) is 6.18. The fourth-order valence-electron chi connectivity index (χ4n) is 2.97. The molecule has 0 bridgehead atoms. The first-order chi connectivity index (χ1) is 13.8.